The van der Waals surface area contributed by atoms with E-state index in [1.165, 1.54) is 17.9 Å². The molecule has 0 radical (unpaired) electrons. The average Bonchev–Trinajstić information content (AvgIpc) is 3.00. The summed E-state index contributed by atoms with van der Waals surface area (Å²) in [5, 5.41) is 20.7. The summed E-state index contributed by atoms with van der Waals surface area (Å²) in [7, 11) is 1.66. The van der Waals surface area contributed by atoms with Gasteiger partial charge < -0.3 is 9.63 Å². The second-order valence-corrected chi connectivity index (χ2v) is 4.38. The molecular formula is C11H10N6O4. The van der Waals surface area contributed by atoms with E-state index in [0.717, 1.165) is 4.68 Å². The first-order chi connectivity index (χ1) is 9.99. The Hall–Kier alpha value is -3.04. The molecule has 10 nitrogen and oxygen atoms in total. The van der Waals surface area contributed by atoms with Gasteiger partial charge in [0.25, 0.3) is 5.56 Å². The molecule has 21 heavy (non-hydrogen) atoms. The number of nitrogens with zero attached hydrogens (tertiary/aromatic N) is 6. The highest BCUT2D eigenvalue weighted by Crippen LogP contribution is 2.17. The first kappa shape index (κ1) is 13.0. The van der Waals surface area contributed by atoms with E-state index >= 15 is 0 Å². The van der Waals surface area contributed by atoms with Crippen LogP contribution in [-0.2, 0) is 13.6 Å². The van der Waals surface area contributed by atoms with Crippen LogP contribution in [0.1, 0.15) is 22.1 Å². The first-order valence-electron chi connectivity index (χ1n) is 5.92. The van der Waals surface area contributed by atoms with Gasteiger partial charge in [0.1, 0.15) is 24.5 Å². The molecule has 10 heteroatoms. The quantitative estimate of drug-likeness (QED) is 0.687. The number of hydrogen-bond acceptors (Lipinski definition) is 7. The number of aryl methyl sites for hydroxylation is 2. The van der Waals surface area contributed by atoms with Crippen molar-refractivity contribution in [1.82, 2.24) is 29.7 Å². The molecule has 0 aliphatic carbocycles. The lowest BCUT2D eigenvalue weighted by Gasteiger charge is -2.05. The van der Waals surface area contributed by atoms with E-state index in [-0.39, 0.29) is 28.9 Å². The zero-order valence-electron chi connectivity index (χ0n) is 11.1. The molecule has 0 spiro atoms. The monoisotopic (exact) mass is 290 g/mol. The summed E-state index contributed by atoms with van der Waals surface area (Å²) < 4.78 is 7.35. The van der Waals surface area contributed by atoms with Crippen molar-refractivity contribution in [3.63, 3.8) is 0 Å². The summed E-state index contributed by atoms with van der Waals surface area (Å²) in [5.74, 6) is -0.573. The summed E-state index contributed by atoms with van der Waals surface area (Å²) >= 11 is 0. The summed E-state index contributed by atoms with van der Waals surface area (Å²) in [6.45, 7) is 1.51. The SMILES string of the molecule is Cc1onc2c(=O)n(Cc3ncnn3C)nc(C(=O)O)c12. The summed E-state index contributed by atoms with van der Waals surface area (Å²) in [6.07, 6.45) is 1.33. The van der Waals surface area contributed by atoms with Crippen LogP contribution >= 0.6 is 0 Å². The van der Waals surface area contributed by atoms with Crippen molar-refractivity contribution in [1.29, 1.82) is 0 Å². The Balaban J connectivity index is 2.24. The normalized spacial score (nSPS) is 11.1. The van der Waals surface area contributed by atoms with Crippen LogP contribution < -0.4 is 5.56 Å². The van der Waals surface area contributed by atoms with Gasteiger partial charge >= 0.3 is 5.97 Å². The highest BCUT2D eigenvalue weighted by molar-refractivity contribution is 6.00. The Bertz CT molecular complexity index is 905. The van der Waals surface area contributed by atoms with Crippen LogP contribution in [0.25, 0.3) is 10.9 Å². The van der Waals surface area contributed by atoms with E-state index in [4.69, 9.17) is 4.52 Å². The van der Waals surface area contributed by atoms with Gasteiger partial charge in [0, 0.05) is 7.05 Å². The van der Waals surface area contributed by atoms with Gasteiger partial charge in [0.05, 0.1) is 5.39 Å². The van der Waals surface area contributed by atoms with Gasteiger partial charge in [0.15, 0.2) is 11.2 Å². The summed E-state index contributed by atoms with van der Waals surface area (Å²) in [5.41, 5.74) is -0.901. The van der Waals surface area contributed by atoms with E-state index in [0.29, 0.717) is 5.82 Å². The van der Waals surface area contributed by atoms with E-state index in [1.54, 1.807) is 7.05 Å². The fourth-order valence-corrected chi connectivity index (χ4v) is 1.99. The van der Waals surface area contributed by atoms with Crippen LogP contribution in [0.4, 0.5) is 0 Å². The number of aromatic nitrogens is 6. The van der Waals surface area contributed by atoms with Crippen molar-refractivity contribution >= 4 is 16.9 Å². The number of fused-ring (bicyclic) bond motifs is 1. The lowest BCUT2D eigenvalue weighted by molar-refractivity contribution is 0.0690. The molecule has 0 aromatic carbocycles. The van der Waals surface area contributed by atoms with Gasteiger partial charge in [-0.3, -0.25) is 9.48 Å². The highest BCUT2D eigenvalue weighted by atomic mass is 16.5. The first-order valence-corrected chi connectivity index (χ1v) is 5.92. The molecule has 0 fully saturated rings. The van der Waals surface area contributed by atoms with Crippen LogP contribution in [0.15, 0.2) is 15.6 Å². The van der Waals surface area contributed by atoms with Gasteiger partial charge in [0.2, 0.25) is 0 Å². The average molecular weight is 290 g/mol. The van der Waals surface area contributed by atoms with Gasteiger partial charge in [-0.05, 0) is 6.92 Å². The largest absolute Gasteiger partial charge is 0.476 e. The van der Waals surface area contributed by atoms with E-state index in [1.807, 2.05) is 0 Å². The van der Waals surface area contributed by atoms with Crippen LogP contribution in [0.5, 0.6) is 0 Å². The topological polar surface area (TPSA) is 129 Å². The second kappa shape index (κ2) is 4.51. The van der Waals surface area contributed by atoms with Crippen LogP contribution in [0.3, 0.4) is 0 Å². The molecule has 0 aliphatic heterocycles. The lowest BCUT2D eigenvalue weighted by atomic mass is 10.2. The molecular weight excluding hydrogens is 280 g/mol. The van der Waals surface area contributed by atoms with Crippen molar-refractivity contribution in [3.8, 4) is 0 Å². The van der Waals surface area contributed by atoms with Crippen molar-refractivity contribution in [2.24, 2.45) is 7.05 Å². The zero-order valence-corrected chi connectivity index (χ0v) is 11.1. The molecule has 0 unspecified atom stereocenters. The standard InChI is InChI=1S/C11H10N6O4/c1-5-7-8(15-21-5)10(18)17(14-9(7)11(19)20)3-6-12-4-13-16(6)2/h4H,3H2,1-2H3,(H,19,20). The number of aromatic carboxylic acids is 1. The molecule has 0 atom stereocenters. The molecule has 3 aromatic rings. The minimum atomic E-state index is -1.27. The fraction of sp³-hybridized carbons (Fsp3) is 0.273. The molecule has 0 aliphatic rings. The molecule has 0 saturated carbocycles. The van der Waals surface area contributed by atoms with Crippen molar-refractivity contribution < 1.29 is 14.4 Å². The van der Waals surface area contributed by atoms with E-state index in [2.05, 4.69) is 20.3 Å². The lowest BCUT2D eigenvalue weighted by Crippen LogP contribution is -2.27. The molecule has 3 heterocycles. The number of carboxylic acid groups (broad SMARTS) is 1. The van der Waals surface area contributed by atoms with Gasteiger partial charge in [-0.1, -0.05) is 5.16 Å². The van der Waals surface area contributed by atoms with E-state index < -0.39 is 11.5 Å². The highest BCUT2D eigenvalue weighted by Gasteiger charge is 2.22. The van der Waals surface area contributed by atoms with Gasteiger partial charge in [-0.25, -0.2) is 14.5 Å². The second-order valence-electron chi connectivity index (χ2n) is 4.38. The number of rotatable bonds is 3. The van der Waals surface area contributed by atoms with Gasteiger partial charge in [-0.15, -0.1) is 0 Å². The maximum absolute atomic E-state index is 12.3. The molecule has 108 valence electrons. The Morgan fingerprint density at radius 2 is 2.24 bits per heavy atom. The third-order valence-corrected chi connectivity index (χ3v) is 3.06. The smallest absolute Gasteiger partial charge is 0.357 e. The number of carboxylic acids is 1. The zero-order chi connectivity index (χ0) is 15.1. The Morgan fingerprint density at radius 1 is 1.48 bits per heavy atom. The Morgan fingerprint density at radius 3 is 2.86 bits per heavy atom. The van der Waals surface area contributed by atoms with Crippen LogP contribution in [0.2, 0.25) is 0 Å². The minimum Gasteiger partial charge on any atom is -0.476 e. The molecule has 3 rings (SSSR count). The summed E-state index contributed by atoms with van der Waals surface area (Å²) in [4.78, 5) is 27.6. The Kier molecular flexibility index (Phi) is 2.78. The van der Waals surface area contributed by atoms with E-state index in [9.17, 15) is 14.7 Å². The molecule has 0 bridgehead atoms. The number of carbonyl (C=O) groups is 1. The molecule has 3 aromatic heterocycles. The predicted molar refractivity (Wildman–Crippen MR) is 67.9 cm³/mol. The minimum absolute atomic E-state index is 0.0164. The Labute approximate surface area is 116 Å². The fourth-order valence-electron chi connectivity index (χ4n) is 1.99. The van der Waals surface area contributed by atoms with Crippen molar-refractivity contribution in [3.05, 3.63) is 34.0 Å². The molecule has 0 amide bonds. The third-order valence-electron chi connectivity index (χ3n) is 3.06. The third kappa shape index (κ3) is 1.96. The van der Waals surface area contributed by atoms with Crippen LogP contribution in [0, 0.1) is 6.92 Å². The predicted octanol–water partition coefficient (Wildman–Crippen LogP) is -0.432. The maximum Gasteiger partial charge on any atom is 0.357 e. The van der Waals surface area contributed by atoms with Gasteiger partial charge in [-0.2, -0.15) is 10.2 Å². The maximum atomic E-state index is 12.3. The van der Waals surface area contributed by atoms with Crippen molar-refractivity contribution in [2.75, 3.05) is 0 Å². The van der Waals surface area contributed by atoms with Crippen LogP contribution in [-0.4, -0.2) is 40.8 Å². The number of hydrogen-bond donors (Lipinski definition) is 1. The van der Waals surface area contributed by atoms with Crippen molar-refractivity contribution in [2.45, 2.75) is 13.5 Å². The molecule has 1 N–H and O–H groups in total. The molecule has 0 saturated heterocycles. The summed E-state index contributed by atoms with van der Waals surface area (Å²) in [6, 6.07) is 0.